The van der Waals surface area contributed by atoms with Crippen LogP contribution in [0, 0.1) is 0 Å². The first-order valence-electron chi connectivity index (χ1n) is 6.04. The fraction of sp³-hybridized carbons (Fsp3) is 0.909. The van der Waals surface area contributed by atoms with E-state index < -0.39 is 6.09 Å². The first-order chi connectivity index (χ1) is 7.67. The topological polar surface area (TPSA) is 61.8 Å². The second-order valence-electron chi connectivity index (χ2n) is 5.33. The van der Waals surface area contributed by atoms with E-state index in [1.807, 2.05) is 0 Å². The summed E-state index contributed by atoms with van der Waals surface area (Å²) in [7, 11) is 0. The highest BCUT2D eigenvalue weighted by molar-refractivity contribution is 5.65. The van der Waals surface area contributed by atoms with Crippen molar-refractivity contribution in [3.63, 3.8) is 0 Å². The second kappa shape index (κ2) is 3.60. The van der Waals surface area contributed by atoms with Crippen LogP contribution in [-0.4, -0.2) is 53.5 Å². The third-order valence-electron chi connectivity index (χ3n) is 3.81. The first-order valence-corrected chi connectivity index (χ1v) is 6.04. The highest BCUT2D eigenvalue weighted by Gasteiger charge is 2.46. The van der Waals surface area contributed by atoms with Crippen LogP contribution in [0.25, 0.3) is 0 Å². The van der Waals surface area contributed by atoms with Crippen molar-refractivity contribution in [3.8, 4) is 0 Å². The maximum Gasteiger partial charge on any atom is 0.407 e. The molecule has 5 heteroatoms. The fourth-order valence-electron chi connectivity index (χ4n) is 2.80. The van der Waals surface area contributed by atoms with E-state index in [0.29, 0.717) is 31.8 Å². The normalized spacial score (nSPS) is 37.8. The first kappa shape index (κ1) is 10.4. The Bertz CT molecular complexity index is 306. The molecule has 2 saturated heterocycles. The van der Waals surface area contributed by atoms with Crippen LogP contribution in [0.15, 0.2) is 0 Å². The molecular formula is C11H18N2O3. The van der Waals surface area contributed by atoms with Gasteiger partial charge in [-0.3, -0.25) is 0 Å². The van der Waals surface area contributed by atoms with Crippen molar-refractivity contribution >= 4 is 6.09 Å². The van der Waals surface area contributed by atoms with Crippen LogP contribution in [0.5, 0.6) is 0 Å². The Morgan fingerprint density at radius 1 is 1.50 bits per heavy atom. The summed E-state index contributed by atoms with van der Waals surface area (Å²) in [6.45, 7) is 1.87. The SMILES string of the molecule is O=C(O)N1C[C@@H]2CC[C@](COC3CC3)(C1)N2. The molecule has 2 bridgehead atoms. The van der Waals surface area contributed by atoms with E-state index in [1.54, 1.807) is 0 Å². The second-order valence-corrected chi connectivity index (χ2v) is 5.33. The molecule has 3 aliphatic rings. The van der Waals surface area contributed by atoms with Crippen molar-refractivity contribution in [3.05, 3.63) is 0 Å². The lowest BCUT2D eigenvalue weighted by molar-refractivity contribution is 0.0298. The molecule has 1 amide bonds. The molecule has 0 spiro atoms. The minimum Gasteiger partial charge on any atom is -0.465 e. The molecule has 1 saturated carbocycles. The Kier molecular flexibility index (Phi) is 2.33. The number of amides is 1. The van der Waals surface area contributed by atoms with Crippen molar-refractivity contribution in [1.82, 2.24) is 10.2 Å². The molecule has 0 unspecified atom stereocenters. The summed E-state index contributed by atoms with van der Waals surface area (Å²) in [6.07, 6.45) is 4.08. The number of carboxylic acid groups (broad SMARTS) is 1. The number of nitrogens with one attached hydrogen (secondary N) is 1. The molecule has 2 aliphatic heterocycles. The van der Waals surface area contributed by atoms with Crippen molar-refractivity contribution in [1.29, 1.82) is 0 Å². The maximum absolute atomic E-state index is 11.0. The molecule has 0 aromatic heterocycles. The van der Waals surface area contributed by atoms with Gasteiger partial charge in [-0.1, -0.05) is 0 Å². The molecule has 2 atom stereocenters. The molecule has 3 fully saturated rings. The lowest BCUT2D eigenvalue weighted by atomic mass is 9.98. The number of rotatable bonds is 3. The van der Waals surface area contributed by atoms with Crippen molar-refractivity contribution < 1.29 is 14.6 Å². The number of likely N-dealkylation sites (tertiary alicyclic amines) is 1. The van der Waals surface area contributed by atoms with Gasteiger partial charge < -0.3 is 20.1 Å². The maximum atomic E-state index is 11.0. The summed E-state index contributed by atoms with van der Waals surface area (Å²) in [4.78, 5) is 12.6. The zero-order chi connectivity index (χ0) is 11.2. The molecule has 0 radical (unpaired) electrons. The largest absolute Gasteiger partial charge is 0.465 e. The monoisotopic (exact) mass is 226 g/mol. The molecule has 90 valence electrons. The van der Waals surface area contributed by atoms with Crippen molar-refractivity contribution in [2.45, 2.75) is 43.4 Å². The molecule has 2 N–H and O–H groups in total. The van der Waals surface area contributed by atoms with Gasteiger partial charge >= 0.3 is 6.09 Å². The van der Waals surface area contributed by atoms with Crippen LogP contribution in [-0.2, 0) is 4.74 Å². The minimum absolute atomic E-state index is 0.107. The van der Waals surface area contributed by atoms with Crippen molar-refractivity contribution in [2.24, 2.45) is 0 Å². The zero-order valence-corrected chi connectivity index (χ0v) is 9.32. The number of piperazine rings is 1. The van der Waals surface area contributed by atoms with Crippen LogP contribution < -0.4 is 5.32 Å². The third kappa shape index (κ3) is 1.89. The predicted octanol–water partition coefficient (Wildman–Crippen LogP) is 0.650. The number of fused-ring (bicyclic) bond motifs is 2. The summed E-state index contributed by atoms with van der Waals surface area (Å²) in [5.74, 6) is 0. The molecule has 0 aromatic rings. The van der Waals surface area contributed by atoms with Gasteiger partial charge in [-0.25, -0.2) is 4.79 Å². The van der Waals surface area contributed by atoms with Crippen LogP contribution in [0.2, 0.25) is 0 Å². The van der Waals surface area contributed by atoms with E-state index in [-0.39, 0.29) is 5.54 Å². The number of hydrogen-bond acceptors (Lipinski definition) is 3. The van der Waals surface area contributed by atoms with Gasteiger partial charge in [0.2, 0.25) is 0 Å². The van der Waals surface area contributed by atoms with E-state index in [1.165, 1.54) is 17.7 Å². The lowest BCUT2D eigenvalue weighted by Crippen LogP contribution is -2.62. The standard InChI is InChI=1S/C11H18N2O3/c14-10(15)13-5-8-3-4-11(6-13,12-8)7-16-9-1-2-9/h8-9,12H,1-7H2,(H,14,15)/t8-,11+/m0/s1. The third-order valence-corrected chi connectivity index (χ3v) is 3.81. The van der Waals surface area contributed by atoms with Crippen molar-refractivity contribution in [2.75, 3.05) is 19.7 Å². The van der Waals surface area contributed by atoms with Gasteiger partial charge in [0.1, 0.15) is 0 Å². The number of nitrogens with zero attached hydrogens (tertiary/aromatic N) is 1. The summed E-state index contributed by atoms with van der Waals surface area (Å²) in [5, 5.41) is 12.6. The summed E-state index contributed by atoms with van der Waals surface area (Å²) in [5.41, 5.74) is -0.107. The molecule has 1 aliphatic carbocycles. The summed E-state index contributed by atoms with van der Waals surface area (Å²) in [6, 6.07) is 0.327. The van der Waals surface area contributed by atoms with Gasteiger partial charge in [0.05, 0.1) is 18.2 Å². The van der Waals surface area contributed by atoms with E-state index in [2.05, 4.69) is 5.32 Å². The Hall–Kier alpha value is -0.810. The van der Waals surface area contributed by atoms with Crippen LogP contribution in [0.4, 0.5) is 4.79 Å². The number of ether oxygens (including phenoxy) is 1. The van der Waals surface area contributed by atoms with Gasteiger partial charge in [0.25, 0.3) is 0 Å². The number of hydrogen-bond donors (Lipinski definition) is 2. The zero-order valence-electron chi connectivity index (χ0n) is 9.32. The Labute approximate surface area is 94.8 Å². The van der Waals surface area contributed by atoms with Gasteiger partial charge in [0.15, 0.2) is 0 Å². The smallest absolute Gasteiger partial charge is 0.407 e. The fourth-order valence-corrected chi connectivity index (χ4v) is 2.80. The summed E-state index contributed by atoms with van der Waals surface area (Å²) < 4.78 is 5.76. The highest BCUT2D eigenvalue weighted by atomic mass is 16.5. The van der Waals surface area contributed by atoms with E-state index in [9.17, 15) is 4.79 Å². The molecule has 3 rings (SSSR count). The van der Waals surface area contributed by atoms with Crippen LogP contribution in [0.1, 0.15) is 25.7 Å². The van der Waals surface area contributed by atoms with Gasteiger partial charge in [0, 0.05) is 19.1 Å². The molecule has 2 heterocycles. The predicted molar refractivity (Wildman–Crippen MR) is 57.5 cm³/mol. The van der Waals surface area contributed by atoms with Crippen LogP contribution in [0.3, 0.4) is 0 Å². The molecule has 5 nitrogen and oxygen atoms in total. The lowest BCUT2D eigenvalue weighted by Gasteiger charge is -2.39. The molecule has 0 aromatic carbocycles. The van der Waals surface area contributed by atoms with Gasteiger partial charge in [-0.05, 0) is 25.7 Å². The molecular weight excluding hydrogens is 208 g/mol. The Balaban J connectivity index is 1.65. The quantitative estimate of drug-likeness (QED) is 0.741. The molecule has 16 heavy (non-hydrogen) atoms. The number of carbonyl (C=O) groups is 1. The summed E-state index contributed by atoms with van der Waals surface area (Å²) >= 11 is 0. The van der Waals surface area contributed by atoms with E-state index in [0.717, 1.165) is 12.8 Å². The minimum atomic E-state index is -0.802. The van der Waals surface area contributed by atoms with Gasteiger partial charge in [-0.2, -0.15) is 0 Å². The average molecular weight is 226 g/mol. The van der Waals surface area contributed by atoms with E-state index >= 15 is 0 Å². The average Bonchev–Trinajstić information content (AvgIpc) is 3.03. The Morgan fingerprint density at radius 2 is 2.31 bits per heavy atom. The highest BCUT2D eigenvalue weighted by Crippen LogP contribution is 2.32. The van der Waals surface area contributed by atoms with Crippen LogP contribution >= 0.6 is 0 Å². The van der Waals surface area contributed by atoms with Gasteiger partial charge in [-0.15, -0.1) is 0 Å². The van der Waals surface area contributed by atoms with E-state index in [4.69, 9.17) is 9.84 Å². The Morgan fingerprint density at radius 3 is 3.00 bits per heavy atom.